The van der Waals surface area contributed by atoms with Gasteiger partial charge in [0.05, 0.1) is 0 Å². The number of carbonyl (C=O) groups is 2. The molecule has 24 heavy (non-hydrogen) atoms. The highest BCUT2D eigenvalue weighted by molar-refractivity contribution is 5.94. The van der Waals surface area contributed by atoms with Crippen LogP contribution in [0.1, 0.15) is 42.6 Å². The van der Waals surface area contributed by atoms with E-state index in [-0.39, 0.29) is 30.5 Å². The standard InChI is InChI=1S/C18H27N3O3/c1-13(2)20-17(23)16-7-3-5-14(9-16)10-19-18(24)21-8-4-6-15(11-21)12-22/h3,5,7,9,13,15,22H,4,6,8,10-12H2,1-2H3,(H,19,24)(H,20,23)/t15-/m0/s1. The molecule has 0 saturated carbocycles. The summed E-state index contributed by atoms with van der Waals surface area (Å²) < 4.78 is 0. The van der Waals surface area contributed by atoms with Gasteiger partial charge in [0.1, 0.15) is 0 Å². The van der Waals surface area contributed by atoms with E-state index in [0.29, 0.717) is 18.7 Å². The Balaban J connectivity index is 1.89. The fraction of sp³-hybridized carbons (Fsp3) is 0.556. The van der Waals surface area contributed by atoms with E-state index in [1.807, 2.05) is 26.0 Å². The molecule has 1 aromatic carbocycles. The molecule has 1 heterocycles. The molecule has 132 valence electrons. The topological polar surface area (TPSA) is 81.7 Å². The highest BCUT2D eigenvalue weighted by Crippen LogP contribution is 2.15. The Morgan fingerprint density at radius 3 is 2.88 bits per heavy atom. The molecule has 1 atom stereocenters. The van der Waals surface area contributed by atoms with Crippen LogP contribution in [0.3, 0.4) is 0 Å². The van der Waals surface area contributed by atoms with Crippen molar-refractivity contribution in [3.8, 4) is 0 Å². The largest absolute Gasteiger partial charge is 0.396 e. The van der Waals surface area contributed by atoms with Gasteiger partial charge in [-0.05, 0) is 50.3 Å². The maximum absolute atomic E-state index is 12.3. The van der Waals surface area contributed by atoms with Gasteiger partial charge in [0.2, 0.25) is 0 Å². The molecule has 3 amide bonds. The van der Waals surface area contributed by atoms with Crippen molar-refractivity contribution in [2.24, 2.45) is 5.92 Å². The molecule has 0 spiro atoms. The number of nitrogens with one attached hydrogen (secondary N) is 2. The molecule has 1 fully saturated rings. The first-order chi connectivity index (χ1) is 11.5. The molecule has 1 aliphatic rings. The van der Waals surface area contributed by atoms with Crippen LogP contribution in [0.4, 0.5) is 4.79 Å². The van der Waals surface area contributed by atoms with Crippen molar-refractivity contribution in [3.63, 3.8) is 0 Å². The zero-order valence-electron chi connectivity index (χ0n) is 14.4. The van der Waals surface area contributed by atoms with E-state index in [1.165, 1.54) is 0 Å². The summed E-state index contributed by atoms with van der Waals surface area (Å²) in [5.41, 5.74) is 1.48. The lowest BCUT2D eigenvalue weighted by Crippen LogP contribution is -2.45. The van der Waals surface area contributed by atoms with Gasteiger partial charge in [0, 0.05) is 37.8 Å². The van der Waals surface area contributed by atoms with Gasteiger partial charge in [-0.3, -0.25) is 4.79 Å². The summed E-state index contributed by atoms with van der Waals surface area (Å²) in [6, 6.07) is 7.23. The number of hydrogen-bond donors (Lipinski definition) is 3. The summed E-state index contributed by atoms with van der Waals surface area (Å²) >= 11 is 0. The quantitative estimate of drug-likeness (QED) is 0.768. The van der Waals surface area contributed by atoms with Crippen molar-refractivity contribution < 1.29 is 14.7 Å². The van der Waals surface area contributed by atoms with Crippen LogP contribution in [0.2, 0.25) is 0 Å². The van der Waals surface area contributed by atoms with Crippen LogP contribution in [0.5, 0.6) is 0 Å². The van der Waals surface area contributed by atoms with E-state index in [4.69, 9.17) is 0 Å². The van der Waals surface area contributed by atoms with Crippen LogP contribution in [-0.4, -0.2) is 47.7 Å². The fourth-order valence-corrected chi connectivity index (χ4v) is 2.86. The maximum Gasteiger partial charge on any atom is 0.317 e. The molecule has 1 saturated heterocycles. The lowest BCUT2D eigenvalue weighted by atomic mass is 9.99. The van der Waals surface area contributed by atoms with Crippen molar-refractivity contribution >= 4 is 11.9 Å². The minimum atomic E-state index is -0.120. The zero-order chi connectivity index (χ0) is 17.5. The summed E-state index contributed by atoms with van der Waals surface area (Å²) in [5.74, 6) is 0.0625. The third kappa shape index (κ3) is 5.23. The zero-order valence-corrected chi connectivity index (χ0v) is 14.4. The Morgan fingerprint density at radius 2 is 2.17 bits per heavy atom. The highest BCUT2D eigenvalue weighted by Gasteiger charge is 2.22. The van der Waals surface area contributed by atoms with Gasteiger partial charge in [-0.1, -0.05) is 12.1 Å². The number of benzene rings is 1. The second-order valence-electron chi connectivity index (χ2n) is 6.62. The summed E-state index contributed by atoms with van der Waals surface area (Å²) in [6.07, 6.45) is 1.89. The molecule has 6 nitrogen and oxygen atoms in total. The van der Waals surface area contributed by atoms with Crippen molar-refractivity contribution in [2.45, 2.75) is 39.3 Å². The average molecular weight is 333 g/mol. The van der Waals surface area contributed by atoms with E-state index in [2.05, 4.69) is 10.6 Å². The number of carbonyl (C=O) groups excluding carboxylic acids is 2. The third-order valence-corrected chi connectivity index (χ3v) is 4.12. The average Bonchev–Trinajstić information content (AvgIpc) is 2.59. The predicted octanol–water partition coefficient (Wildman–Crippen LogP) is 1.74. The van der Waals surface area contributed by atoms with Crippen LogP contribution in [0.15, 0.2) is 24.3 Å². The number of nitrogens with zero attached hydrogens (tertiary/aromatic N) is 1. The Kier molecular flexibility index (Phi) is 6.61. The number of rotatable bonds is 5. The van der Waals surface area contributed by atoms with E-state index in [1.54, 1.807) is 17.0 Å². The van der Waals surface area contributed by atoms with Crippen molar-refractivity contribution in [2.75, 3.05) is 19.7 Å². The van der Waals surface area contributed by atoms with Gasteiger partial charge < -0.3 is 20.6 Å². The Morgan fingerprint density at radius 1 is 1.38 bits per heavy atom. The van der Waals surface area contributed by atoms with Crippen LogP contribution in [0, 0.1) is 5.92 Å². The molecule has 1 aliphatic heterocycles. The second kappa shape index (κ2) is 8.68. The molecule has 2 rings (SSSR count). The smallest absolute Gasteiger partial charge is 0.317 e. The summed E-state index contributed by atoms with van der Waals surface area (Å²) in [4.78, 5) is 26.0. The van der Waals surface area contributed by atoms with Gasteiger partial charge in [0.15, 0.2) is 0 Å². The minimum absolute atomic E-state index is 0.0828. The van der Waals surface area contributed by atoms with Gasteiger partial charge in [-0.25, -0.2) is 4.79 Å². The van der Waals surface area contributed by atoms with Crippen LogP contribution >= 0.6 is 0 Å². The molecule has 0 unspecified atom stereocenters. The molecular weight excluding hydrogens is 306 g/mol. The van der Waals surface area contributed by atoms with Crippen LogP contribution in [-0.2, 0) is 6.54 Å². The van der Waals surface area contributed by atoms with E-state index in [9.17, 15) is 14.7 Å². The first kappa shape index (κ1) is 18.3. The van der Waals surface area contributed by atoms with Gasteiger partial charge >= 0.3 is 6.03 Å². The Hall–Kier alpha value is -2.08. The number of urea groups is 1. The van der Waals surface area contributed by atoms with Crippen LogP contribution < -0.4 is 10.6 Å². The van der Waals surface area contributed by atoms with Crippen LogP contribution in [0.25, 0.3) is 0 Å². The summed E-state index contributed by atoms with van der Waals surface area (Å²) in [7, 11) is 0. The lowest BCUT2D eigenvalue weighted by Gasteiger charge is -2.31. The molecular formula is C18H27N3O3. The monoisotopic (exact) mass is 333 g/mol. The number of piperidine rings is 1. The summed E-state index contributed by atoms with van der Waals surface area (Å²) in [5, 5.41) is 15.0. The molecule has 0 aliphatic carbocycles. The van der Waals surface area contributed by atoms with Crippen molar-refractivity contribution in [3.05, 3.63) is 35.4 Å². The molecule has 6 heteroatoms. The number of likely N-dealkylation sites (tertiary alicyclic amines) is 1. The maximum atomic E-state index is 12.3. The molecule has 3 N–H and O–H groups in total. The third-order valence-electron chi connectivity index (χ3n) is 4.12. The first-order valence-corrected chi connectivity index (χ1v) is 8.53. The summed E-state index contributed by atoms with van der Waals surface area (Å²) in [6.45, 7) is 5.65. The number of aliphatic hydroxyl groups excluding tert-OH is 1. The fourth-order valence-electron chi connectivity index (χ4n) is 2.86. The molecule has 0 bridgehead atoms. The van der Waals surface area contributed by atoms with E-state index < -0.39 is 0 Å². The van der Waals surface area contributed by atoms with E-state index in [0.717, 1.165) is 24.9 Å². The lowest BCUT2D eigenvalue weighted by molar-refractivity contribution is 0.0943. The van der Waals surface area contributed by atoms with Crippen molar-refractivity contribution in [1.29, 1.82) is 0 Å². The van der Waals surface area contributed by atoms with Gasteiger partial charge in [-0.2, -0.15) is 0 Å². The van der Waals surface area contributed by atoms with Gasteiger partial charge in [0.25, 0.3) is 5.91 Å². The van der Waals surface area contributed by atoms with Gasteiger partial charge in [-0.15, -0.1) is 0 Å². The van der Waals surface area contributed by atoms with Crippen molar-refractivity contribution in [1.82, 2.24) is 15.5 Å². The SMILES string of the molecule is CC(C)NC(=O)c1cccc(CNC(=O)N2CCC[C@H](CO)C2)c1. The molecule has 0 aromatic heterocycles. The number of aliphatic hydroxyl groups is 1. The number of hydrogen-bond acceptors (Lipinski definition) is 3. The predicted molar refractivity (Wildman–Crippen MR) is 92.7 cm³/mol. The second-order valence-corrected chi connectivity index (χ2v) is 6.62. The highest BCUT2D eigenvalue weighted by atomic mass is 16.3. The normalized spacial score (nSPS) is 17.7. The Bertz CT molecular complexity index is 574. The van der Waals surface area contributed by atoms with E-state index >= 15 is 0 Å². The number of amides is 3. The Labute approximate surface area is 143 Å². The first-order valence-electron chi connectivity index (χ1n) is 8.53. The molecule has 0 radical (unpaired) electrons. The molecule has 1 aromatic rings. The minimum Gasteiger partial charge on any atom is -0.396 e.